The Morgan fingerprint density at radius 1 is 1.18 bits per heavy atom. The van der Waals surface area contributed by atoms with Gasteiger partial charge in [0.05, 0.1) is 5.60 Å². The zero-order valence-electron chi connectivity index (χ0n) is 11.3. The van der Waals surface area contributed by atoms with Crippen molar-refractivity contribution in [3.05, 3.63) is 0 Å². The molecule has 0 heterocycles. The Morgan fingerprint density at radius 2 is 1.88 bits per heavy atom. The van der Waals surface area contributed by atoms with Crippen molar-refractivity contribution in [2.24, 2.45) is 22.7 Å². The molecule has 0 saturated heterocycles. The lowest BCUT2D eigenvalue weighted by Crippen LogP contribution is -2.57. The Kier molecular flexibility index (Phi) is 2.16. The summed E-state index contributed by atoms with van der Waals surface area (Å²) in [5, 5.41) is 10.9. The van der Waals surface area contributed by atoms with Crippen molar-refractivity contribution in [1.29, 1.82) is 0 Å². The molecule has 17 heavy (non-hydrogen) atoms. The van der Waals surface area contributed by atoms with Crippen molar-refractivity contribution in [2.75, 3.05) is 0 Å². The summed E-state index contributed by atoms with van der Waals surface area (Å²) in [5.74, 6) is 1.29. The van der Waals surface area contributed by atoms with E-state index < -0.39 is 5.60 Å². The third kappa shape index (κ3) is 1.60. The van der Waals surface area contributed by atoms with Crippen molar-refractivity contribution in [1.82, 2.24) is 0 Å². The van der Waals surface area contributed by atoms with Crippen molar-refractivity contribution in [2.45, 2.75) is 64.9 Å². The standard InChI is InChI=1S/C15H24O2/c1-13(2)8-12-11(13)4-5-14(3)6-10(16)7-15(12,17)9-14/h11-12,17H,4-9H2,1-3H3/t11-,12-,14?,15?/m0/s1. The molecule has 1 N–H and O–H groups in total. The molecule has 2 nitrogen and oxygen atoms in total. The summed E-state index contributed by atoms with van der Waals surface area (Å²) in [6, 6.07) is 0. The van der Waals surface area contributed by atoms with E-state index in [-0.39, 0.29) is 11.2 Å². The molecule has 3 aliphatic carbocycles. The Bertz CT molecular complexity index is 373. The zero-order valence-corrected chi connectivity index (χ0v) is 11.3. The van der Waals surface area contributed by atoms with E-state index in [0.29, 0.717) is 30.1 Å². The first-order valence-corrected chi connectivity index (χ1v) is 6.98. The van der Waals surface area contributed by atoms with Crippen molar-refractivity contribution >= 4 is 5.78 Å². The quantitative estimate of drug-likeness (QED) is 0.702. The topological polar surface area (TPSA) is 37.3 Å². The molecule has 4 atom stereocenters. The minimum absolute atomic E-state index is 0.0670. The molecular weight excluding hydrogens is 212 g/mol. The van der Waals surface area contributed by atoms with Crippen LogP contribution in [0, 0.1) is 22.7 Å². The Labute approximate surface area is 104 Å². The molecule has 3 fully saturated rings. The van der Waals surface area contributed by atoms with Crippen molar-refractivity contribution in [3.8, 4) is 0 Å². The first kappa shape index (κ1) is 11.7. The molecule has 0 aromatic rings. The van der Waals surface area contributed by atoms with E-state index in [0.717, 1.165) is 19.3 Å². The van der Waals surface area contributed by atoms with Gasteiger partial charge in [0.1, 0.15) is 5.78 Å². The average molecular weight is 236 g/mol. The van der Waals surface area contributed by atoms with E-state index in [2.05, 4.69) is 20.8 Å². The predicted molar refractivity (Wildman–Crippen MR) is 66.5 cm³/mol. The molecule has 0 amide bonds. The van der Waals surface area contributed by atoms with Crippen LogP contribution < -0.4 is 0 Å². The van der Waals surface area contributed by atoms with Crippen LogP contribution in [0.1, 0.15) is 59.3 Å². The monoisotopic (exact) mass is 236 g/mol. The molecule has 2 heteroatoms. The number of carbonyl (C=O) groups is 1. The normalized spacial score (nSPS) is 52.4. The highest BCUT2D eigenvalue weighted by atomic mass is 16.3. The van der Waals surface area contributed by atoms with Gasteiger partial charge in [0.2, 0.25) is 0 Å². The van der Waals surface area contributed by atoms with Crippen LogP contribution in [0.15, 0.2) is 0 Å². The summed E-state index contributed by atoms with van der Waals surface area (Å²) in [6.45, 7) is 6.83. The van der Waals surface area contributed by atoms with E-state index in [1.165, 1.54) is 6.42 Å². The number of hydrogen-bond acceptors (Lipinski definition) is 2. The molecule has 3 saturated carbocycles. The smallest absolute Gasteiger partial charge is 0.136 e. The largest absolute Gasteiger partial charge is 0.389 e. The average Bonchev–Trinajstić information content (AvgIpc) is 2.17. The zero-order chi connectivity index (χ0) is 12.5. The van der Waals surface area contributed by atoms with E-state index in [9.17, 15) is 9.90 Å². The molecule has 0 aliphatic heterocycles. The summed E-state index contributed by atoms with van der Waals surface area (Å²) < 4.78 is 0. The number of fused-ring (bicyclic) bond motifs is 4. The maximum absolute atomic E-state index is 11.9. The lowest BCUT2D eigenvalue weighted by Gasteiger charge is -2.57. The van der Waals surface area contributed by atoms with Crippen LogP contribution in [-0.2, 0) is 4.79 Å². The third-order valence-corrected chi connectivity index (χ3v) is 5.84. The number of hydrogen-bond donors (Lipinski definition) is 1. The van der Waals surface area contributed by atoms with E-state index in [4.69, 9.17) is 0 Å². The van der Waals surface area contributed by atoms with Crippen LogP contribution in [0.3, 0.4) is 0 Å². The van der Waals surface area contributed by atoms with E-state index in [1.54, 1.807) is 0 Å². The summed E-state index contributed by atoms with van der Waals surface area (Å²) in [5.41, 5.74) is -0.241. The van der Waals surface area contributed by atoms with Crippen LogP contribution >= 0.6 is 0 Å². The maximum Gasteiger partial charge on any atom is 0.136 e. The number of Topliss-reactive ketones (excluding diaryl/α,β-unsaturated/α-hetero) is 1. The number of rotatable bonds is 0. The predicted octanol–water partition coefficient (Wildman–Crippen LogP) is 2.93. The third-order valence-electron chi connectivity index (χ3n) is 5.84. The van der Waals surface area contributed by atoms with Gasteiger partial charge in [0.25, 0.3) is 0 Å². The molecule has 3 rings (SSSR count). The van der Waals surface area contributed by atoms with Gasteiger partial charge in [-0.1, -0.05) is 20.8 Å². The Morgan fingerprint density at radius 3 is 2.53 bits per heavy atom. The highest BCUT2D eigenvalue weighted by molar-refractivity contribution is 5.81. The van der Waals surface area contributed by atoms with Crippen LogP contribution in [-0.4, -0.2) is 16.5 Å². The van der Waals surface area contributed by atoms with Crippen LogP contribution in [0.2, 0.25) is 0 Å². The fraction of sp³-hybridized carbons (Fsp3) is 0.933. The van der Waals surface area contributed by atoms with Crippen molar-refractivity contribution < 1.29 is 9.90 Å². The second-order valence-corrected chi connectivity index (χ2v) is 7.93. The fourth-order valence-corrected chi connectivity index (χ4v) is 5.09. The summed E-state index contributed by atoms with van der Waals surface area (Å²) in [6.07, 6.45) is 5.37. The highest BCUT2D eigenvalue weighted by Crippen LogP contribution is 2.64. The van der Waals surface area contributed by atoms with Crippen LogP contribution in [0.25, 0.3) is 0 Å². The van der Waals surface area contributed by atoms with E-state index in [1.807, 2.05) is 0 Å². The molecule has 0 radical (unpaired) electrons. The molecule has 0 aromatic carbocycles. The molecule has 3 aliphatic rings. The van der Waals surface area contributed by atoms with Crippen LogP contribution in [0.5, 0.6) is 0 Å². The van der Waals surface area contributed by atoms with Gasteiger partial charge in [-0.3, -0.25) is 4.79 Å². The lowest BCUT2D eigenvalue weighted by molar-refractivity contribution is -0.168. The molecule has 96 valence electrons. The summed E-state index contributed by atoms with van der Waals surface area (Å²) >= 11 is 0. The molecule has 0 spiro atoms. The van der Waals surface area contributed by atoms with Crippen LogP contribution in [0.4, 0.5) is 0 Å². The van der Waals surface area contributed by atoms with Crippen molar-refractivity contribution in [3.63, 3.8) is 0 Å². The van der Waals surface area contributed by atoms with Gasteiger partial charge in [-0.25, -0.2) is 0 Å². The molecule has 2 unspecified atom stereocenters. The molecular formula is C15H24O2. The summed E-state index contributed by atoms with van der Waals surface area (Å²) in [4.78, 5) is 11.9. The summed E-state index contributed by atoms with van der Waals surface area (Å²) in [7, 11) is 0. The van der Waals surface area contributed by atoms with Gasteiger partial charge in [0.15, 0.2) is 0 Å². The maximum atomic E-state index is 11.9. The van der Waals surface area contributed by atoms with Gasteiger partial charge < -0.3 is 5.11 Å². The Hall–Kier alpha value is -0.370. The minimum atomic E-state index is -0.680. The number of carbonyl (C=O) groups excluding carboxylic acids is 1. The molecule has 2 bridgehead atoms. The van der Waals surface area contributed by atoms with Gasteiger partial charge in [0, 0.05) is 12.8 Å². The van der Waals surface area contributed by atoms with Gasteiger partial charge >= 0.3 is 0 Å². The number of ketones is 1. The first-order chi connectivity index (χ1) is 7.74. The first-order valence-electron chi connectivity index (χ1n) is 6.98. The lowest BCUT2D eigenvalue weighted by atomic mass is 9.49. The minimum Gasteiger partial charge on any atom is -0.389 e. The fourth-order valence-electron chi connectivity index (χ4n) is 5.09. The van der Waals surface area contributed by atoms with Gasteiger partial charge in [-0.05, 0) is 48.3 Å². The Balaban J connectivity index is 1.96. The van der Waals surface area contributed by atoms with E-state index >= 15 is 0 Å². The second kappa shape index (κ2) is 3.14. The van der Waals surface area contributed by atoms with Gasteiger partial charge in [-0.15, -0.1) is 0 Å². The molecule has 0 aromatic heterocycles. The highest BCUT2D eigenvalue weighted by Gasteiger charge is 2.61. The second-order valence-electron chi connectivity index (χ2n) is 7.93. The SMILES string of the molecule is CC12CC[C@H]3[C@H](CC3(C)C)C(O)(CC(=O)C1)C2. The number of aliphatic hydroxyl groups is 1. The van der Waals surface area contributed by atoms with Gasteiger partial charge in [-0.2, -0.15) is 0 Å².